The molecule has 114 valence electrons. The van der Waals surface area contributed by atoms with Crippen molar-refractivity contribution in [1.29, 1.82) is 0 Å². The monoisotopic (exact) mass is 277 g/mol. The molecule has 1 aliphatic heterocycles. The van der Waals surface area contributed by atoms with Gasteiger partial charge in [0, 0.05) is 38.3 Å². The highest BCUT2D eigenvalue weighted by atomic mass is 15.3. The highest BCUT2D eigenvalue weighted by Crippen LogP contribution is 2.53. The molecule has 3 nitrogen and oxygen atoms in total. The van der Waals surface area contributed by atoms with Crippen LogP contribution in [0.25, 0.3) is 0 Å². The predicted molar refractivity (Wildman–Crippen MR) is 82.8 cm³/mol. The molecular formula is C17H31N3. The molecule has 4 saturated carbocycles. The minimum Gasteiger partial charge on any atom is -0.312 e. The summed E-state index contributed by atoms with van der Waals surface area (Å²) in [7, 11) is 4.57. The van der Waals surface area contributed by atoms with Crippen molar-refractivity contribution in [2.75, 3.05) is 40.3 Å². The molecule has 0 aromatic rings. The quantitative estimate of drug-likeness (QED) is 0.846. The van der Waals surface area contributed by atoms with Crippen LogP contribution in [0.5, 0.6) is 0 Å². The van der Waals surface area contributed by atoms with Crippen molar-refractivity contribution in [3.63, 3.8) is 0 Å². The molecule has 20 heavy (non-hydrogen) atoms. The largest absolute Gasteiger partial charge is 0.312 e. The average Bonchev–Trinajstić information content (AvgIpc) is 2.41. The van der Waals surface area contributed by atoms with Crippen molar-refractivity contribution < 1.29 is 0 Å². The van der Waals surface area contributed by atoms with Gasteiger partial charge in [-0.15, -0.1) is 0 Å². The van der Waals surface area contributed by atoms with E-state index in [0.717, 1.165) is 29.7 Å². The van der Waals surface area contributed by atoms with E-state index in [1.807, 2.05) is 0 Å². The van der Waals surface area contributed by atoms with Crippen molar-refractivity contribution in [1.82, 2.24) is 15.1 Å². The van der Waals surface area contributed by atoms with Gasteiger partial charge in [0.15, 0.2) is 0 Å². The highest BCUT2D eigenvalue weighted by Gasteiger charge is 2.48. The Balaban J connectivity index is 1.35. The number of nitrogens with zero attached hydrogens (tertiary/aromatic N) is 2. The van der Waals surface area contributed by atoms with Gasteiger partial charge in [-0.1, -0.05) is 0 Å². The molecule has 0 aromatic carbocycles. The average molecular weight is 277 g/mol. The highest BCUT2D eigenvalue weighted by molar-refractivity contribution is 5.01. The first kappa shape index (κ1) is 13.5. The lowest BCUT2D eigenvalue weighted by Crippen LogP contribution is -2.59. The van der Waals surface area contributed by atoms with E-state index < -0.39 is 0 Å². The molecule has 4 aliphatic carbocycles. The van der Waals surface area contributed by atoms with Crippen molar-refractivity contribution in [3.05, 3.63) is 0 Å². The Hall–Kier alpha value is -0.120. The van der Waals surface area contributed by atoms with Gasteiger partial charge in [0.25, 0.3) is 0 Å². The van der Waals surface area contributed by atoms with Gasteiger partial charge in [0.2, 0.25) is 0 Å². The Labute approximate surface area is 124 Å². The zero-order valence-electron chi connectivity index (χ0n) is 13.2. The molecule has 4 bridgehead atoms. The fourth-order valence-corrected chi connectivity index (χ4v) is 5.85. The summed E-state index contributed by atoms with van der Waals surface area (Å²) in [5.41, 5.74) is 0. The number of piperazine rings is 1. The van der Waals surface area contributed by atoms with Crippen molar-refractivity contribution >= 4 is 0 Å². The third-order valence-electron chi connectivity index (χ3n) is 6.80. The van der Waals surface area contributed by atoms with Gasteiger partial charge in [-0.05, 0) is 69.9 Å². The van der Waals surface area contributed by atoms with Crippen LogP contribution in [0.1, 0.15) is 32.1 Å². The Morgan fingerprint density at radius 3 is 2.20 bits per heavy atom. The minimum atomic E-state index is 0.714. The van der Waals surface area contributed by atoms with Gasteiger partial charge in [0.05, 0.1) is 0 Å². The molecule has 0 spiro atoms. The Morgan fingerprint density at radius 2 is 1.55 bits per heavy atom. The maximum Gasteiger partial charge on any atom is 0.0345 e. The van der Waals surface area contributed by atoms with Crippen LogP contribution in [-0.2, 0) is 0 Å². The lowest BCUT2D eigenvalue weighted by molar-refractivity contribution is -0.0172. The van der Waals surface area contributed by atoms with E-state index in [1.165, 1.54) is 51.9 Å². The number of rotatable bonds is 3. The maximum atomic E-state index is 4.02. The lowest BCUT2D eigenvalue weighted by Gasteiger charge is -2.55. The third kappa shape index (κ3) is 2.42. The second-order valence-electron chi connectivity index (χ2n) is 8.26. The van der Waals surface area contributed by atoms with Crippen LogP contribution >= 0.6 is 0 Å². The number of hydrogen-bond acceptors (Lipinski definition) is 3. The van der Waals surface area contributed by atoms with Gasteiger partial charge in [0.1, 0.15) is 0 Å². The molecule has 0 amide bonds. The van der Waals surface area contributed by atoms with Crippen LogP contribution in [0.3, 0.4) is 0 Å². The summed E-state index contributed by atoms with van der Waals surface area (Å²) >= 11 is 0. The molecule has 1 heterocycles. The molecule has 5 rings (SSSR count). The zero-order valence-corrected chi connectivity index (χ0v) is 13.2. The molecule has 0 radical (unpaired) electrons. The first-order chi connectivity index (χ1) is 9.69. The topological polar surface area (TPSA) is 18.5 Å². The van der Waals surface area contributed by atoms with Crippen molar-refractivity contribution in [3.8, 4) is 0 Å². The van der Waals surface area contributed by atoms with E-state index in [2.05, 4.69) is 29.2 Å². The standard InChI is InChI=1S/C17H31N3/c1-19-3-4-20(2)16(11-19)10-18-17-14-6-12-5-13(8-14)9-15(17)7-12/h12-18H,3-11H2,1-2H3. The van der Waals surface area contributed by atoms with E-state index in [4.69, 9.17) is 0 Å². The first-order valence-electron chi connectivity index (χ1n) is 8.81. The van der Waals surface area contributed by atoms with Crippen LogP contribution in [0.4, 0.5) is 0 Å². The van der Waals surface area contributed by atoms with Crippen LogP contribution in [0.15, 0.2) is 0 Å². The second-order valence-corrected chi connectivity index (χ2v) is 8.26. The molecule has 5 fully saturated rings. The maximum absolute atomic E-state index is 4.02. The summed E-state index contributed by atoms with van der Waals surface area (Å²) in [6.45, 7) is 4.89. The number of nitrogens with one attached hydrogen (secondary N) is 1. The summed E-state index contributed by atoms with van der Waals surface area (Å²) in [5, 5.41) is 4.02. The SMILES string of the molecule is CN1CCN(C)C(CNC2C3CC4CC(C3)CC2C4)C1. The van der Waals surface area contributed by atoms with E-state index >= 15 is 0 Å². The van der Waals surface area contributed by atoms with Crippen LogP contribution in [0, 0.1) is 23.7 Å². The predicted octanol–water partition coefficient (Wildman–Crippen LogP) is 1.65. The Bertz CT molecular complexity index is 328. The van der Waals surface area contributed by atoms with Gasteiger partial charge in [-0.3, -0.25) is 4.90 Å². The molecule has 1 saturated heterocycles. The first-order valence-corrected chi connectivity index (χ1v) is 8.81. The van der Waals surface area contributed by atoms with E-state index in [1.54, 1.807) is 6.42 Å². The molecule has 1 N–H and O–H groups in total. The van der Waals surface area contributed by atoms with Crippen molar-refractivity contribution in [2.24, 2.45) is 23.7 Å². The Kier molecular flexibility index (Phi) is 3.56. The third-order valence-corrected chi connectivity index (χ3v) is 6.80. The summed E-state index contributed by atoms with van der Waals surface area (Å²) in [6, 6.07) is 1.56. The number of hydrogen-bond donors (Lipinski definition) is 1. The Morgan fingerprint density at radius 1 is 0.900 bits per heavy atom. The van der Waals surface area contributed by atoms with Crippen molar-refractivity contribution in [2.45, 2.75) is 44.2 Å². The molecule has 1 unspecified atom stereocenters. The molecular weight excluding hydrogens is 246 g/mol. The van der Waals surface area contributed by atoms with Gasteiger partial charge >= 0.3 is 0 Å². The molecule has 5 aliphatic rings. The number of likely N-dealkylation sites (N-methyl/N-ethyl adjacent to an activating group) is 2. The van der Waals surface area contributed by atoms with Crippen LogP contribution in [-0.4, -0.2) is 62.2 Å². The van der Waals surface area contributed by atoms with Gasteiger partial charge < -0.3 is 10.2 Å². The summed E-state index contributed by atoms with van der Waals surface area (Å²) in [5.74, 6) is 4.22. The summed E-state index contributed by atoms with van der Waals surface area (Å²) in [4.78, 5) is 5.05. The molecule has 0 aromatic heterocycles. The smallest absolute Gasteiger partial charge is 0.0345 e. The van der Waals surface area contributed by atoms with Crippen LogP contribution in [0.2, 0.25) is 0 Å². The minimum absolute atomic E-state index is 0.714. The van der Waals surface area contributed by atoms with Crippen LogP contribution < -0.4 is 5.32 Å². The van der Waals surface area contributed by atoms with E-state index in [-0.39, 0.29) is 0 Å². The van der Waals surface area contributed by atoms with E-state index in [0.29, 0.717) is 6.04 Å². The fraction of sp³-hybridized carbons (Fsp3) is 1.00. The molecule has 3 heteroatoms. The fourth-order valence-electron chi connectivity index (χ4n) is 5.85. The molecule has 1 atom stereocenters. The van der Waals surface area contributed by atoms with E-state index in [9.17, 15) is 0 Å². The van der Waals surface area contributed by atoms with Gasteiger partial charge in [-0.2, -0.15) is 0 Å². The summed E-state index contributed by atoms with van der Waals surface area (Å²) in [6.07, 6.45) is 7.70. The normalized spacial score (nSPS) is 48.9. The second kappa shape index (κ2) is 5.26. The zero-order chi connectivity index (χ0) is 13.7. The van der Waals surface area contributed by atoms with Gasteiger partial charge in [-0.25, -0.2) is 0 Å². The summed E-state index contributed by atoms with van der Waals surface area (Å²) < 4.78 is 0. The lowest BCUT2D eigenvalue weighted by atomic mass is 9.54.